The highest BCUT2D eigenvalue weighted by atomic mass is 32.1. The van der Waals surface area contributed by atoms with Crippen molar-refractivity contribution in [2.75, 3.05) is 33.7 Å². The molecule has 0 spiro atoms. The Kier molecular flexibility index (Phi) is 4.66. The molecule has 0 saturated carbocycles. The minimum atomic E-state index is 0.190. The number of nitrogens with zero attached hydrogens (tertiary/aromatic N) is 3. The summed E-state index contributed by atoms with van der Waals surface area (Å²) in [6.07, 6.45) is 4.88. The van der Waals surface area contributed by atoms with Crippen LogP contribution in [-0.4, -0.2) is 66.4 Å². The number of amides is 1. The zero-order valence-corrected chi connectivity index (χ0v) is 14.5. The van der Waals surface area contributed by atoms with Gasteiger partial charge in [-0.1, -0.05) is 6.08 Å². The van der Waals surface area contributed by atoms with Gasteiger partial charge in [-0.05, 0) is 39.6 Å². The number of aryl methyl sites for hydroxylation is 1. The molecule has 0 radical (unpaired) electrons. The topological polar surface area (TPSA) is 26.8 Å². The average Bonchev–Trinajstić information content (AvgIpc) is 2.83. The molecule has 4 heterocycles. The average molecular weight is 319 g/mol. The summed E-state index contributed by atoms with van der Waals surface area (Å²) in [6, 6.07) is 5.25. The molecule has 5 heteroatoms. The van der Waals surface area contributed by atoms with Gasteiger partial charge in [-0.2, -0.15) is 0 Å². The van der Waals surface area contributed by atoms with Gasteiger partial charge in [-0.15, -0.1) is 11.3 Å². The molecule has 4 nitrogen and oxygen atoms in total. The summed E-state index contributed by atoms with van der Waals surface area (Å²) in [5.41, 5.74) is 0. The van der Waals surface area contributed by atoms with Gasteiger partial charge in [0.15, 0.2) is 0 Å². The summed E-state index contributed by atoms with van der Waals surface area (Å²) in [5, 5.41) is 0. The summed E-state index contributed by atoms with van der Waals surface area (Å²) in [4.78, 5) is 21.7. The summed E-state index contributed by atoms with van der Waals surface area (Å²) in [7, 11) is 4.02. The van der Waals surface area contributed by atoms with E-state index in [0.717, 1.165) is 26.2 Å². The second-order valence-electron chi connectivity index (χ2n) is 6.66. The van der Waals surface area contributed by atoms with E-state index < -0.39 is 0 Å². The van der Waals surface area contributed by atoms with Gasteiger partial charge in [0.05, 0.1) is 0 Å². The van der Waals surface area contributed by atoms with Crippen LogP contribution in [0.4, 0.5) is 0 Å². The molecular weight excluding hydrogens is 294 g/mol. The summed E-state index contributed by atoms with van der Waals surface area (Å²) in [6.45, 7) is 6.03. The fourth-order valence-electron chi connectivity index (χ4n) is 3.43. The van der Waals surface area contributed by atoms with Crippen LogP contribution in [0.3, 0.4) is 0 Å². The van der Waals surface area contributed by atoms with Crippen LogP contribution in [0, 0.1) is 6.92 Å². The third kappa shape index (κ3) is 3.42. The molecule has 1 amide bonds. The van der Waals surface area contributed by atoms with Crippen molar-refractivity contribution in [2.45, 2.75) is 32.0 Å². The molecule has 3 aliphatic heterocycles. The molecule has 1 aromatic rings. The molecular formula is C17H25N3OS. The molecule has 3 saturated heterocycles. The second-order valence-corrected chi connectivity index (χ2v) is 8.03. The zero-order valence-electron chi connectivity index (χ0n) is 13.7. The Morgan fingerprint density at radius 3 is 2.68 bits per heavy atom. The van der Waals surface area contributed by atoms with Crippen LogP contribution in [0.2, 0.25) is 0 Å². The van der Waals surface area contributed by atoms with Crippen molar-refractivity contribution in [2.24, 2.45) is 0 Å². The fourth-order valence-corrected chi connectivity index (χ4v) is 4.36. The van der Waals surface area contributed by atoms with E-state index in [2.05, 4.69) is 33.8 Å². The first-order valence-corrected chi connectivity index (χ1v) is 8.76. The lowest BCUT2D eigenvalue weighted by molar-refractivity contribution is -0.148. The summed E-state index contributed by atoms with van der Waals surface area (Å²) >= 11 is 1.88. The quantitative estimate of drug-likeness (QED) is 0.776. The molecule has 0 aliphatic carbocycles. The molecule has 120 valence electrons. The van der Waals surface area contributed by atoms with Crippen LogP contribution in [0.1, 0.15) is 16.2 Å². The number of piperazine rings is 1. The van der Waals surface area contributed by atoms with Crippen LogP contribution >= 0.6 is 11.3 Å². The highest BCUT2D eigenvalue weighted by Crippen LogP contribution is 2.33. The number of piperidine rings is 1. The first-order chi connectivity index (χ1) is 10.5. The monoisotopic (exact) mass is 319 g/mol. The number of rotatable bonds is 5. The third-order valence-corrected chi connectivity index (χ3v) is 5.42. The van der Waals surface area contributed by atoms with Gasteiger partial charge in [0, 0.05) is 54.1 Å². The number of likely N-dealkylation sites (N-methyl/N-ethyl adjacent to an activating group) is 1. The lowest BCUT2D eigenvalue weighted by Crippen LogP contribution is -2.69. The number of thiophene rings is 1. The van der Waals surface area contributed by atoms with E-state index >= 15 is 0 Å². The SMILES string of the molecule is Cc1ccc(CN2CC3CC(C2)N3C(=O)/C=C/CN(C)C)s1. The Bertz CT molecular complexity index is 554. The maximum Gasteiger partial charge on any atom is 0.246 e. The Morgan fingerprint density at radius 2 is 2.09 bits per heavy atom. The largest absolute Gasteiger partial charge is 0.330 e. The van der Waals surface area contributed by atoms with E-state index in [9.17, 15) is 4.79 Å². The van der Waals surface area contributed by atoms with Crippen molar-refractivity contribution < 1.29 is 4.79 Å². The molecule has 22 heavy (non-hydrogen) atoms. The van der Waals surface area contributed by atoms with Crippen LogP contribution in [0.25, 0.3) is 0 Å². The van der Waals surface area contributed by atoms with Crippen LogP contribution in [0.15, 0.2) is 24.3 Å². The lowest BCUT2D eigenvalue weighted by Gasteiger charge is -2.56. The van der Waals surface area contributed by atoms with Crippen molar-refractivity contribution >= 4 is 17.2 Å². The minimum Gasteiger partial charge on any atom is -0.330 e. The summed E-state index contributed by atoms with van der Waals surface area (Å²) < 4.78 is 0. The van der Waals surface area contributed by atoms with Crippen molar-refractivity contribution in [3.8, 4) is 0 Å². The molecule has 0 aromatic carbocycles. The third-order valence-electron chi connectivity index (χ3n) is 4.43. The fraction of sp³-hybridized carbons (Fsp3) is 0.588. The van der Waals surface area contributed by atoms with Gasteiger partial charge in [0.1, 0.15) is 0 Å². The molecule has 4 rings (SSSR count). The van der Waals surface area contributed by atoms with E-state index in [4.69, 9.17) is 0 Å². The Balaban J connectivity index is 1.52. The zero-order chi connectivity index (χ0) is 15.7. The lowest BCUT2D eigenvalue weighted by atomic mass is 9.87. The summed E-state index contributed by atoms with van der Waals surface area (Å²) in [5.74, 6) is 0.190. The van der Waals surface area contributed by atoms with E-state index in [1.54, 1.807) is 6.08 Å². The van der Waals surface area contributed by atoms with Crippen molar-refractivity contribution in [1.82, 2.24) is 14.7 Å². The van der Waals surface area contributed by atoms with Gasteiger partial charge in [-0.3, -0.25) is 9.69 Å². The van der Waals surface area contributed by atoms with Gasteiger partial charge in [0.25, 0.3) is 0 Å². The molecule has 3 aliphatic rings. The van der Waals surface area contributed by atoms with Gasteiger partial charge in [0.2, 0.25) is 5.91 Å². The molecule has 0 N–H and O–H groups in total. The Labute approximate surface area is 137 Å². The molecule has 3 fully saturated rings. The van der Waals surface area contributed by atoms with E-state index in [1.807, 2.05) is 31.5 Å². The van der Waals surface area contributed by atoms with Gasteiger partial charge in [-0.25, -0.2) is 0 Å². The predicted molar refractivity (Wildman–Crippen MR) is 91.1 cm³/mol. The van der Waals surface area contributed by atoms with Gasteiger partial charge < -0.3 is 9.80 Å². The number of carbonyl (C=O) groups is 1. The van der Waals surface area contributed by atoms with Gasteiger partial charge >= 0.3 is 0 Å². The first-order valence-electron chi connectivity index (χ1n) is 7.94. The van der Waals surface area contributed by atoms with Crippen LogP contribution in [0.5, 0.6) is 0 Å². The molecule has 1 aromatic heterocycles. The predicted octanol–water partition coefficient (Wildman–Crippen LogP) is 1.96. The number of hydrogen-bond donors (Lipinski definition) is 0. The highest BCUT2D eigenvalue weighted by molar-refractivity contribution is 7.11. The maximum atomic E-state index is 12.3. The molecule has 2 unspecified atom stereocenters. The van der Waals surface area contributed by atoms with Crippen molar-refractivity contribution in [1.29, 1.82) is 0 Å². The normalized spacial score (nSPS) is 25.0. The highest BCUT2D eigenvalue weighted by Gasteiger charge is 2.46. The smallest absolute Gasteiger partial charge is 0.246 e. The van der Waals surface area contributed by atoms with E-state index in [-0.39, 0.29) is 5.91 Å². The van der Waals surface area contributed by atoms with E-state index in [1.165, 1.54) is 16.2 Å². The molecule has 2 atom stereocenters. The van der Waals surface area contributed by atoms with Crippen molar-refractivity contribution in [3.05, 3.63) is 34.0 Å². The van der Waals surface area contributed by atoms with Crippen LogP contribution < -0.4 is 0 Å². The minimum absolute atomic E-state index is 0.190. The number of fused-ring (bicyclic) bond motifs is 2. The van der Waals surface area contributed by atoms with Crippen molar-refractivity contribution in [3.63, 3.8) is 0 Å². The maximum absolute atomic E-state index is 12.3. The first kappa shape index (κ1) is 15.7. The van der Waals surface area contributed by atoms with E-state index in [0.29, 0.717) is 12.1 Å². The Morgan fingerprint density at radius 1 is 1.36 bits per heavy atom. The number of carbonyl (C=O) groups excluding carboxylic acids is 1. The Hall–Kier alpha value is -1.17. The molecule has 2 bridgehead atoms. The number of hydrogen-bond acceptors (Lipinski definition) is 4. The standard InChI is InChI=1S/C17H25N3OS/c1-13-6-7-16(22-13)12-19-10-14-9-15(11-19)20(14)17(21)5-4-8-18(2)3/h4-7,14-15H,8-12H2,1-3H3/b5-4+. The second kappa shape index (κ2) is 6.52. The van der Waals surface area contributed by atoms with Crippen LogP contribution in [-0.2, 0) is 11.3 Å².